The smallest absolute Gasteiger partial charge is 0.319 e. The Labute approximate surface area is 100 Å². The van der Waals surface area contributed by atoms with Gasteiger partial charge in [0.2, 0.25) is 0 Å². The number of methoxy groups -OCH3 is 1. The predicted octanol–water partition coefficient (Wildman–Crippen LogP) is 0.360. The molecule has 0 saturated carbocycles. The molecule has 96 valence electrons. The lowest BCUT2D eigenvalue weighted by atomic mass is 10.2. The molecule has 3 N–H and O–H groups in total. The number of esters is 1. The first kappa shape index (κ1) is 15.6. The topological polar surface area (TPSA) is 107 Å². The molecule has 0 bridgehead atoms. The van der Waals surface area contributed by atoms with Gasteiger partial charge in [-0.3, -0.25) is 9.35 Å². The van der Waals surface area contributed by atoms with Crippen LogP contribution in [0.5, 0.6) is 0 Å². The number of benzene rings is 1. The molecule has 0 unspecified atom stereocenters. The molecule has 0 aliphatic carbocycles. The van der Waals surface area contributed by atoms with Gasteiger partial charge < -0.3 is 10.5 Å². The fraction of sp³-hybridized carbons (Fsp3) is 0.300. The Balaban J connectivity index is 0.000000366. The molecule has 0 radical (unpaired) electrons. The van der Waals surface area contributed by atoms with Crippen molar-refractivity contribution in [3.63, 3.8) is 0 Å². The van der Waals surface area contributed by atoms with E-state index in [1.54, 1.807) is 12.1 Å². The van der Waals surface area contributed by atoms with Crippen LogP contribution in [0.25, 0.3) is 0 Å². The van der Waals surface area contributed by atoms with Crippen LogP contribution in [0.3, 0.4) is 0 Å². The van der Waals surface area contributed by atoms with Crippen molar-refractivity contribution < 1.29 is 22.5 Å². The Hall–Kier alpha value is -1.44. The highest BCUT2D eigenvalue weighted by atomic mass is 32.2. The van der Waals surface area contributed by atoms with Crippen LogP contribution in [0, 0.1) is 6.92 Å². The molecule has 0 fully saturated rings. The Bertz CT molecular complexity index is 446. The number of hydrogen-bond donors (Lipinski definition) is 2. The van der Waals surface area contributed by atoms with Gasteiger partial charge in [-0.05, 0) is 19.1 Å². The summed E-state index contributed by atoms with van der Waals surface area (Å²) in [5, 5.41) is 0. The van der Waals surface area contributed by atoms with Crippen LogP contribution >= 0.6 is 0 Å². The van der Waals surface area contributed by atoms with Crippen molar-refractivity contribution in [2.75, 3.05) is 13.7 Å². The highest BCUT2D eigenvalue weighted by Gasteiger charge is 2.06. The molecule has 7 heteroatoms. The summed E-state index contributed by atoms with van der Waals surface area (Å²) in [4.78, 5) is 9.77. The average Bonchev–Trinajstić information content (AvgIpc) is 2.28. The predicted molar refractivity (Wildman–Crippen MR) is 62.1 cm³/mol. The normalized spacial score (nSPS) is 10.1. The van der Waals surface area contributed by atoms with E-state index in [-0.39, 0.29) is 17.4 Å². The Kier molecular flexibility index (Phi) is 6.40. The van der Waals surface area contributed by atoms with E-state index in [4.69, 9.17) is 10.3 Å². The van der Waals surface area contributed by atoms with E-state index in [1.807, 2.05) is 6.92 Å². The second-order valence-corrected chi connectivity index (χ2v) is 4.49. The van der Waals surface area contributed by atoms with E-state index in [9.17, 15) is 13.2 Å². The molecule has 0 saturated heterocycles. The number of nitrogens with two attached hydrogens (primary N) is 1. The molecule has 0 atom stereocenters. The Morgan fingerprint density at radius 1 is 1.35 bits per heavy atom. The van der Waals surface area contributed by atoms with Gasteiger partial charge in [0.1, 0.15) is 0 Å². The van der Waals surface area contributed by atoms with Crippen LogP contribution in [-0.4, -0.2) is 32.6 Å². The molecule has 0 spiro atoms. The number of ether oxygens (including phenoxy) is 1. The summed E-state index contributed by atoms with van der Waals surface area (Å²) >= 11 is 0. The van der Waals surface area contributed by atoms with E-state index in [0.29, 0.717) is 0 Å². The third-order valence-corrected chi connectivity index (χ3v) is 2.58. The largest absolute Gasteiger partial charge is 0.468 e. The molecule has 17 heavy (non-hydrogen) atoms. The lowest BCUT2D eigenvalue weighted by Gasteiger charge is -1.95. The van der Waals surface area contributed by atoms with E-state index in [0.717, 1.165) is 5.56 Å². The molecular weight excluding hydrogens is 246 g/mol. The van der Waals surface area contributed by atoms with E-state index in [1.165, 1.54) is 19.2 Å². The summed E-state index contributed by atoms with van der Waals surface area (Å²) in [6.45, 7) is 1.81. The number of aryl methyl sites for hydroxylation is 1. The quantitative estimate of drug-likeness (QED) is 0.588. The maximum absolute atomic E-state index is 10.5. The third-order valence-electron chi connectivity index (χ3n) is 1.71. The number of hydrogen-bond acceptors (Lipinski definition) is 5. The minimum atomic E-state index is -4.02. The SMILES string of the molecule is COC(=O)CN.Cc1ccc(S(=O)(=O)O)cc1. The average molecular weight is 261 g/mol. The Morgan fingerprint density at radius 2 is 1.82 bits per heavy atom. The van der Waals surface area contributed by atoms with Crippen LogP contribution < -0.4 is 5.73 Å². The lowest BCUT2D eigenvalue weighted by Crippen LogP contribution is -2.14. The van der Waals surface area contributed by atoms with Gasteiger partial charge in [-0.2, -0.15) is 8.42 Å². The van der Waals surface area contributed by atoms with Crippen LogP contribution in [0.4, 0.5) is 0 Å². The van der Waals surface area contributed by atoms with Crippen LogP contribution in [0.2, 0.25) is 0 Å². The molecule has 0 heterocycles. The zero-order valence-electron chi connectivity index (χ0n) is 9.58. The van der Waals surface area contributed by atoms with Gasteiger partial charge >= 0.3 is 5.97 Å². The van der Waals surface area contributed by atoms with Crippen molar-refractivity contribution in [1.29, 1.82) is 0 Å². The molecule has 0 aromatic heterocycles. The van der Waals surface area contributed by atoms with E-state index < -0.39 is 10.1 Å². The number of rotatable bonds is 2. The summed E-state index contributed by atoms with van der Waals surface area (Å²) in [5.74, 6) is -0.380. The second-order valence-electron chi connectivity index (χ2n) is 3.07. The van der Waals surface area contributed by atoms with Crippen molar-refractivity contribution >= 4 is 16.1 Å². The standard InChI is InChI=1S/C7H8O3S.C3H7NO2/c1-6-2-4-7(5-3-6)11(8,9)10;1-6-3(5)2-4/h2-5H,1H3,(H,8,9,10);2,4H2,1H3. The van der Waals surface area contributed by atoms with Gasteiger partial charge in [0.25, 0.3) is 10.1 Å². The summed E-state index contributed by atoms with van der Waals surface area (Å²) in [5.41, 5.74) is 5.76. The highest BCUT2D eigenvalue weighted by Crippen LogP contribution is 2.08. The zero-order valence-corrected chi connectivity index (χ0v) is 10.4. The van der Waals surface area contributed by atoms with Crippen LogP contribution in [0.1, 0.15) is 5.56 Å². The second kappa shape index (κ2) is 7.00. The van der Waals surface area contributed by atoms with Gasteiger partial charge in [-0.15, -0.1) is 0 Å². The van der Waals surface area contributed by atoms with Crippen molar-refractivity contribution in [3.8, 4) is 0 Å². The maximum atomic E-state index is 10.5. The molecule has 1 rings (SSSR count). The molecule has 6 nitrogen and oxygen atoms in total. The first-order chi connectivity index (χ1) is 7.81. The molecule has 0 amide bonds. The van der Waals surface area contributed by atoms with Gasteiger partial charge in [-0.25, -0.2) is 0 Å². The molecular formula is C10H15NO5S. The first-order valence-corrected chi connectivity index (χ1v) is 6.06. The number of carbonyl (C=O) groups excluding carboxylic acids is 1. The zero-order chi connectivity index (χ0) is 13.5. The molecule has 0 aliphatic rings. The summed E-state index contributed by atoms with van der Waals surface area (Å²) in [7, 11) is -2.72. The summed E-state index contributed by atoms with van der Waals surface area (Å²) in [6.07, 6.45) is 0. The van der Waals surface area contributed by atoms with Crippen molar-refractivity contribution in [2.24, 2.45) is 5.73 Å². The van der Waals surface area contributed by atoms with Gasteiger partial charge in [-0.1, -0.05) is 17.7 Å². The summed E-state index contributed by atoms with van der Waals surface area (Å²) in [6, 6.07) is 5.99. The highest BCUT2D eigenvalue weighted by molar-refractivity contribution is 7.85. The monoisotopic (exact) mass is 261 g/mol. The molecule has 0 aliphatic heterocycles. The molecule has 1 aromatic rings. The third kappa shape index (κ3) is 6.67. The fourth-order valence-corrected chi connectivity index (χ4v) is 1.27. The first-order valence-electron chi connectivity index (χ1n) is 4.62. The minimum absolute atomic E-state index is 0.0312. The summed E-state index contributed by atoms with van der Waals surface area (Å²) < 4.78 is 33.7. The Morgan fingerprint density at radius 3 is 2.06 bits per heavy atom. The molecule has 1 aromatic carbocycles. The van der Waals surface area contributed by atoms with Gasteiger partial charge in [0.05, 0.1) is 18.6 Å². The van der Waals surface area contributed by atoms with Gasteiger partial charge in [0.15, 0.2) is 0 Å². The van der Waals surface area contributed by atoms with Crippen LogP contribution in [0.15, 0.2) is 29.2 Å². The number of carbonyl (C=O) groups is 1. The van der Waals surface area contributed by atoms with E-state index >= 15 is 0 Å². The fourth-order valence-electron chi connectivity index (χ4n) is 0.794. The van der Waals surface area contributed by atoms with E-state index in [2.05, 4.69) is 4.74 Å². The minimum Gasteiger partial charge on any atom is -0.468 e. The van der Waals surface area contributed by atoms with Crippen molar-refractivity contribution in [1.82, 2.24) is 0 Å². The lowest BCUT2D eigenvalue weighted by molar-refractivity contribution is -0.138. The van der Waals surface area contributed by atoms with Crippen molar-refractivity contribution in [2.45, 2.75) is 11.8 Å². The van der Waals surface area contributed by atoms with Gasteiger partial charge in [0, 0.05) is 0 Å². The van der Waals surface area contributed by atoms with Crippen molar-refractivity contribution in [3.05, 3.63) is 29.8 Å². The maximum Gasteiger partial charge on any atom is 0.319 e. The van der Waals surface area contributed by atoms with Crippen LogP contribution in [-0.2, 0) is 19.6 Å².